The molecule has 0 aliphatic carbocycles. The number of carbonyl (C=O) groups excluding carboxylic acids is 1. The van der Waals surface area contributed by atoms with Gasteiger partial charge in [-0.15, -0.1) is 0 Å². The van der Waals surface area contributed by atoms with E-state index in [0.717, 1.165) is 30.8 Å². The molecule has 1 aliphatic rings. The first-order chi connectivity index (χ1) is 12.0. The second-order valence-electron chi connectivity index (χ2n) is 6.39. The second kappa shape index (κ2) is 7.04. The first kappa shape index (κ1) is 17.1. The topological polar surface area (TPSA) is 107 Å². The molecule has 25 heavy (non-hydrogen) atoms. The number of nitro groups is 1. The van der Waals surface area contributed by atoms with E-state index in [-0.39, 0.29) is 18.5 Å². The van der Waals surface area contributed by atoms with E-state index in [4.69, 9.17) is 4.42 Å². The van der Waals surface area contributed by atoms with Gasteiger partial charge < -0.3 is 19.4 Å². The number of hydrogen-bond donors (Lipinski definition) is 0. The van der Waals surface area contributed by atoms with Gasteiger partial charge in [0, 0.05) is 18.1 Å². The van der Waals surface area contributed by atoms with Crippen LogP contribution in [0.3, 0.4) is 0 Å². The highest BCUT2D eigenvalue weighted by Gasteiger charge is 2.33. The summed E-state index contributed by atoms with van der Waals surface area (Å²) in [6.45, 7) is 4.74. The number of amides is 1. The monoisotopic (exact) mass is 347 g/mol. The average Bonchev–Trinajstić information content (AvgIpc) is 3.23. The van der Waals surface area contributed by atoms with Gasteiger partial charge in [0.1, 0.15) is 18.1 Å². The summed E-state index contributed by atoms with van der Waals surface area (Å²) >= 11 is 0. The smallest absolute Gasteiger partial charge is 0.464 e. The SMILES string of the molecule is CCc1ccc([C@H]2C[C@H](C)CCN2C(=O)Cn2cnc([N+](=O)[O-])n2)o1. The predicted molar refractivity (Wildman–Crippen MR) is 87.6 cm³/mol. The van der Waals surface area contributed by atoms with Crippen molar-refractivity contribution >= 4 is 11.9 Å². The molecule has 0 saturated carbocycles. The molecular weight excluding hydrogens is 326 g/mol. The number of rotatable bonds is 5. The summed E-state index contributed by atoms with van der Waals surface area (Å²) in [4.78, 5) is 28.1. The zero-order valence-corrected chi connectivity index (χ0v) is 14.3. The molecule has 2 aromatic heterocycles. The number of likely N-dealkylation sites (tertiary alicyclic amines) is 1. The Labute approximate surface area is 144 Å². The van der Waals surface area contributed by atoms with Gasteiger partial charge in [-0.2, -0.15) is 4.68 Å². The Hall–Kier alpha value is -2.71. The summed E-state index contributed by atoms with van der Waals surface area (Å²) in [6.07, 6.45) is 3.76. The molecule has 1 fully saturated rings. The molecule has 0 spiro atoms. The highest BCUT2D eigenvalue weighted by atomic mass is 16.6. The number of carbonyl (C=O) groups is 1. The van der Waals surface area contributed by atoms with Crippen LogP contribution < -0.4 is 0 Å². The van der Waals surface area contributed by atoms with E-state index in [9.17, 15) is 14.9 Å². The van der Waals surface area contributed by atoms with Crippen LogP contribution in [0.1, 0.15) is 44.3 Å². The van der Waals surface area contributed by atoms with Crippen LogP contribution in [0.25, 0.3) is 0 Å². The number of furan rings is 1. The quantitative estimate of drug-likeness (QED) is 0.607. The van der Waals surface area contributed by atoms with Crippen LogP contribution in [0.2, 0.25) is 0 Å². The number of hydrogen-bond acceptors (Lipinski definition) is 6. The van der Waals surface area contributed by atoms with E-state index in [1.807, 2.05) is 19.1 Å². The van der Waals surface area contributed by atoms with Crippen molar-refractivity contribution in [3.05, 3.63) is 40.1 Å². The molecule has 0 aromatic carbocycles. The van der Waals surface area contributed by atoms with Gasteiger partial charge in [0.25, 0.3) is 0 Å². The van der Waals surface area contributed by atoms with Crippen LogP contribution in [0.15, 0.2) is 22.9 Å². The minimum absolute atomic E-state index is 0.0763. The molecule has 1 amide bonds. The molecule has 0 radical (unpaired) electrons. The van der Waals surface area contributed by atoms with Crippen LogP contribution in [0.5, 0.6) is 0 Å². The number of aromatic nitrogens is 3. The van der Waals surface area contributed by atoms with Gasteiger partial charge in [-0.1, -0.05) is 18.8 Å². The molecule has 3 rings (SSSR count). The second-order valence-corrected chi connectivity index (χ2v) is 6.39. The van der Waals surface area contributed by atoms with Crippen molar-refractivity contribution in [1.82, 2.24) is 19.7 Å². The van der Waals surface area contributed by atoms with E-state index in [1.54, 1.807) is 4.90 Å². The summed E-state index contributed by atoms with van der Waals surface area (Å²) < 4.78 is 7.07. The standard InChI is InChI=1S/C16H21N5O4/c1-3-12-4-5-14(25-12)13-8-11(2)6-7-20(13)15(22)9-19-10-17-16(18-19)21(23)24/h4-5,10-11,13H,3,6-9H2,1-2H3/t11-,13-/m1/s1. The van der Waals surface area contributed by atoms with Crippen LogP contribution >= 0.6 is 0 Å². The maximum absolute atomic E-state index is 12.7. The summed E-state index contributed by atoms with van der Waals surface area (Å²) in [7, 11) is 0. The summed E-state index contributed by atoms with van der Waals surface area (Å²) in [6, 6.07) is 3.76. The van der Waals surface area contributed by atoms with Gasteiger partial charge in [-0.3, -0.25) is 4.79 Å². The molecule has 9 heteroatoms. The van der Waals surface area contributed by atoms with Crippen molar-refractivity contribution in [2.45, 2.75) is 45.7 Å². The Morgan fingerprint density at radius 3 is 2.92 bits per heavy atom. The Kier molecular flexibility index (Phi) is 4.82. The highest BCUT2D eigenvalue weighted by molar-refractivity contribution is 5.76. The Morgan fingerprint density at radius 2 is 2.28 bits per heavy atom. The molecule has 0 bridgehead atoms. The minimum atomic E-state index is -0.679. The fourth-order valence-electron chi connectivity index (χ4n) is 3.15. The lowest BCUT2D eigenvalue weighted by Gasteiger charge is -2.37. The van der Waals surface area contributed by atoms with E-state index in [2.05, 4.69) is 17.0 Å². The third-order valence-corrected chi connectivity index (χ3v) is 4.53. The summed E-state index contributed by atoms with van der Waals surface area (Å²) in [5.74, 6) is 1.53. The normalized spacial score (nSPS) is 20.6. The van der Waals surface area contributed by atoms with Gasteiger partial charge in [-0.05, 0) is 35.8 Å². The van der Waals surface area contributed by atoms with Crippen molar-refractivity contribution in [3.8, 4) is 0 Å². The predicted octanol–water partition coefficient (Wildman–Crippen LogP) is 2.34. The van der Waals surface area contributed by atoms with Gasteiger partial charge in [0.05, 0.1) is 6.04 Å². The fourth-order valence-corrected chi connectivity index (χ4v) is 3.15. The highest BCUT2D eigenvalue weighted by Crippen LogP contribution is 2.35. The molecule has 1 aliphatic heterocycles. The largest absolute Gasteiger partial charge is 0.490 e. The molecule has 0 unspecified atom stereocenters. The number of piperidine rings is 1. The maximum Gasteiger partial charge on any atom is 0.490 e. The molecular formula is C16H21N5O4. The van der Waals surface area contributed by atoms with Crippen LogP contribution in [-0.2, 0) is 17.8 Å². The van der Waals surface area contributed by atoms with Gasteiger partial charge in [-0.25, -0.2) is 0 Å². The first-order valence-corrected chi connectivity index (χ1v) is 8.39. The molecule has 2 aromatic rings. The van der Waals surface area contributed by atoms with E-state index in [1.165, 1.54) is 11.0 Å². The number of nitrogens with zero attached hydrogens (tertiary/aromatic N) is 5. The van der Waals surface area contributed by atoms with E-state index < -0.39 is 10.9 Å². The Balaban J connectivity index is 1.76. The van der Waals surface area contributed by atoms with Crippen LogP contribution in [0, 0.1) is 16.0 Å². The fraction of sp³-hybridized carbons (Fsp3) is 0.562. The van der Waals surface area contributed by atoms with Gasteiger partial charge in [0.2, 0.25) is 12.2 Å². The van der Waals surface area contributed by atoms with Crippen LogP contribution in [0.4, 0.5) is 5.95 Å². The summed E-state index contributed by atoms with van der Waals surface area (Å²) in [5, 5.41) is 14.4. The maximum atomic E-state index is 12.7. The zero-order chi connectivity index (χ0) is 18.0. The van der Waals surface area contributed by atoms with Gasteiger partial charge >= 0.3 is 5.95 Å². The lowest BCUT2D eigenvalue weighted by molar-refractivity contribution is -0.394. The third kappa shape index (κ3) is 3.70. The lowest BCUT2D eigenvalue weighted by atomic mass is 9.91. The average molecular weight is 347 g/mol. The minimum Gasteiger partial charge on any atom is -0.464 e. The third-order valence-electron chi connectivity index (χ3n) is 4.53. The van der Waals surface area contributed by atoms with Crippen molar-refractivity contribution in [2.75, 3.05) is 6.54 Å². The van der Waals surface area contributed by atoms with Gasteiger partial charge in [0.15, 0.2) is 0 Å². The summed E-state index contributed by atoms with van der Waals surface area (Å²) in [5.41, 5.74) is 0. The van der Waals surface area contributed by atoms with E-state index >= 15 is 0 Å². The van der Waals surface area contributed by atoms with Crippen molar-refractivity contribution < 1.29 is 14.1 Å². The molecule has 134 valence electrons. The first-order valence-electron chi connectivity index (χ1n) is 8.39. The Bertz CT molecular complexity index is 768. The Morgan fingerprint density at radius 1 is 1.48 bits per heavy atom. The van der Waals surface area contributed by atoms with Crippen molar-refractivity contribution in [2.24, 2.45) is 5.92 Å². The zero-order valence-electron chi connectivity index (χ0n) is 14.3. The van der Waals surface area contributed by atoms with Crippen molar-refractivity contribution in [3.63, 3.8) is 0 Å². The lowest BCUT2D eigenvalue weighted by Crippen LogP contribution is -2.42. The molecule has 9 nitrogen and oxygen atoms in total. The van der Waals surface area contributed by atoms with Crippen LogP contribution in [-0.4, -0.2) is 37.0 Å². The molecule has 2 atom stereocenters. The molecule has 3 heterocycles. The van der Waals surface area contributed by atoms with E-state index in [0.29, 0.717) is 12.5 Å². The number of aryl methyl sites for hydroxylation is 1. The molecule has 0 N–H and O–H groups in total. The van der Waals surface area contributed by atoms with Crippen molar-refractivity contribution in [1.29, 1.82) is 0 Å². The molecule has 1 saturated heterocycles.